The second-order valence-electron chi connectivity index (χ2n) is 6.68. The van der Waals surface area contributed by atoms with Gasteiger partial charge in [-0.3, -0.25) is 0 Å². The smallest absolute Gasteiger partial charge is 0.322 e. The first-order valence-electron chi connectivity index (χ1n) is 9.12. The average molecular weight is 367 g/mol. The first-order valence-corrected chi connectivity index (χ1v) is 9.12. The second kappa shape index (κ2) is 6.95. The molecule has 140 valence electrons. The van der Waals surface area contributed by atoms with E-state index < -0.39 is 0 Å². The Morgan fingerprint density at radius 1 is 1.26 bits per heavy atom. The van der Waals surface area contributed by atoms with Gasteiger partial charge in [0, 0.05) is 48.7 Å². The van der Waals surface area contributed by atoms with Crippen LogP contribution in [-0.4, -0.2) is 28.6 Å². The Labute approximate surface area is 157 Å². The molecule has 2 aromatic carbocycles. The van der Waals surface area contributed by atoms with Crippen LogP contribution < -0.4 is 10.1 Å². The Hall–Kier alpha value is -3.02. The van der Waals surface area contributed by atoms with E-state index in [9.17, 15) is 9.18 Å². The number of carbonyl (C=O) groups is 1. The third-order valence-corrected chi connectivity index (χ3v) is 5.08. The molecule has 1 aromatic heterocycles. The zero-order chi connectivity index (χ0) is 19.0. The molecule has 4 rings (SSSR count). The number of nitrogens with one attached hydrogen (secondary N) is 1. The number of benzene rings is 2. The average Bonchev–Trinajstić information content (AvgIpc) is 2.95. The highest BCUT2D eigenvalue weighted by Crippen LogP contribution is 2.31. The monoisotopic (exact) mass is 367 g/mol. The van der Waals surface area contributed by atoms with Crippen LogP contribution in [0.15, 0.2) is 42.5 Å². The second-order valence-corrected chi connectivity index (χ2v) is 6.68. The van der Waals surface area contributed by atoms with Gasteiger partial charge < -0.3 is 19.5 Å². The first-order chi connectivity index (χ1) is 13.1. The van der Waals surface area contributed by atoms with Gasteiger partial charge in [-0.2, -0.15) is 0 Å². The van der Waals surface area contributed by atoms with Crippen molar-refractivity contribution in [2.24, 2.45) is 7.05 Å². The lowest BCUT2D eigenvalue weighted by Gasteiger charge is -2.28. The van der Waals surface area contributed by atoms with Crippen LogP contribution in [0.4, 0.5) is 14.9 Å². The standard InChI is InChI=1S/C21H22FN3O2/c1-3-27-20-7-5-4-6-17(20)23-21(26)25-11-10-19-16(13-25)15-12-14(22)8-9-18(15)24(19)2/h4-9,12H,3,10-11,13H2,1-2H3,(H,23,26). The highest BCUT2D eigenvalue weighted by atomic mass is 19.1. The van der Waals surface area contributed by atoms with E-state index in [0.29, 0.717) is 31.1 Å². The maximum absolute atomic E-state index is 13.8. The Kier molecular flexibility index (Phi) is 4.48. The van der Waals surface area contributed by atoms with Gasteiger partial charge in [0.2, 0.25) is 0 Å². The molecule has 0 aliphatic carbocycles. The summed E-state index contributed by atoms with van der Waals surface area (Å²) >= 11 is 0. The van der Waals surface area contributed by atoms with Crippen LogP contribution in [0, 0.1) is 5.82 Å². The van der Waals surface area contributed by atoms with Crippen LogP contribution in [0.1, 0.15) is 18.2 Å². The van der Waals surface area contributed by atoms with Crippen molar-refractivity contribution < 1.29 is 13.9 Å². The largest absolute Gasteiger partial charge is 0.492 e. The maximum atomic E-state index is 13.8. The van der Waals surface area contributed by atoms with E-state index in [2.05, 4.69) is 9.88 Å². The normalized spacial score (nSPS) is 13.5. The molecule has 0 saturated heterocycles. The number of ether oxygens (including phenoxy) is 1. The van der Waals surface area contributed by atoms with Gasteiger partial charge in [0.25, 0.3) is 0 Å². The van der Waals surface area contributed by atoms with Gasteiger partial charge in [0.05, 0.1) is 12.3 Å². The summed E-state index contributed by atoms with van der Waals surface area (Å²) in [6.07, 6.45) is 0.739. The fraction of sp³-hybridized carbons (Fsp3) is 0.286. The minimum atomic E-state index is -0.261. The molecule has 1 aliphatic rings. The summed E-state index contributed by atoms with van der Waals surface area (Å²) in [5.41, 5.74) is 3.82. The number of urea groups is 1. The summed E-state index contributed by atoms with van der Waals surface area (Å²) in [4.78, 5) is 14.6. The molecule has 1 N–H and O–H groups in total. The van der Waals surface area contributed by atoms with E-state index in [1.807, 2.05) is 38.2 Å². The number of hydrogen-bond donors (Lipinski definition) is 1. The van der Waals surface area contributed by atoms with Crippen LogP contribution in [0.5, 0.6) is 5.75 Å². The number of aromatic nitrogens is 1. The summed E-state index contributed by atoms with van der Waals surface area (Å²) in [5, 5.41) is 3.82. The third kappa shape index (κ3) is 3.12. The summed E-state index contributed by atoms with van der Waals surface area (Å²) < 4.78 is 21.4. The lowest BCUT2D eigenvalue weighted by molar-refractivity contribution is 0.206. The highest BCUT2D eigenvalue weighted by molar-refractivity contribution is 5.92. The van der Waals surface area contributed by atoms with Gasteiger partial charge in [-0.05, 0) is 37.3 Å². The highest BCUT2D eigenvalue weighted by Gasteiger charge is 2.26. The van der Waals surface area contributed by atoms with E-state index in [1.165, 1.54) is 6.07 Å². The molecule has 0 radical (unpaired) electrons. The molecule has 0 atom stereocenters. The zero-order valence-corrected chi connectivity index (χ0v) is 15.5. The maximum Gasteiger partial charge on any atom is 0.322 e. The van der Waals surface area contributed by atoms with Gasteiger partial charge >= 0.3 is 6.03 Å². The molecule has 0 fully saturated rings. The number of halogens is 1. The zero-order valence-electron chi connectivity index (χ0n) is 15.5. The third-order valence-electron chi connectivity index (χ3n) is 5.08. The SMILES string of the molecule is CCOc1ccccc1NC(=O)N1CCc2c(c3cc(F)ccc3n2C)C1. The molecule has 1 aliphatic heterocycles. The quantitative estimate of drug-likeness (QED) is 0.750. The first kappa shape index (κ1) is 17.4. The lowest BCUT2D eigenvalue weighted by Crippen LogP contribution is -2.39. The van der Waals surface area contributed by atoms with Crippen molar-refractivity contribution in [3.05, 3.63) is 59.5 Å². The van der Waals surface area contributed by atoms with Crippen molar-refractivity contribution >= 4 is 22.6 Å². The predicted molar refractivity (Wildman–Crippen MR) is 104 cm³/mol. The molecule has 2 amide bonds. The topological polar surface area (TPSA) is 46.5 Å². The number of fused-ring (bicyclic) bond motifs is 3. The number of anilines is 1. The number of para-hydroxylation sites is 2. The van der Waals surface area contributed by atoms with Crippen molar-refractivity contribution in [1.29, 1.82) is 0 Å². The number of carbonyl (C=O) groups excluding carboxylic acids is 1. The Morgan fingerprint density at radius 3 is 2.89 bits per heavy atom. The minimum Gasteiger partial charge on any atom is -0.492 e. The van der Waals surface area contributed by atoms with E-state index in [1.54, 1.807) is 17.0 Å². The fourth-order valence-electron chi connectivity index (χ4n) is 3.77. The molecule has 3 aromatic rings. The van der Waals surface area contributed by atoms with E-state index in [-0.39, 0.29) is 11.8 Å². The van der Waals surface area contributed by atoms with Gasteiger partial charge in [-0.15, -0.1) is 0 Å². The fourth-order valence-corrected chi connectivity index (χ4v) is 3.77. The molecular weight excluding hydrogens is 345 g/mol. The Balaban J connectivity index is 1.59. The molecule has 6 heteroatoms. The van der Waals surface area contributed by atoms with Crippen LogP contribution >= 0.6 is 0 Å². The molecule has 0 saturated carbocycles. The van der Waals surface area contributed by atoms with E-state index in [4.69, 9.17) is 4.74 Å². The molecule has 5 nitrogen and oxygen atoms in total. The molecule has 2 heterocycles. The number of hydrogen-bond acceptors (Lipinski definition) is 2. The van der Waals surface area contributed by atoms with Crippen LogP contribution in [0.25, 0.3) is 10.9 Å². The molecule has 0 bridgehead atoms. The van der Waals surface area contributed by atoms with E-state index in [0.717, 1.165) is 28.6 Å². The van der Waals surface area contributed by atoms with Gasteiger partial charge in [0.15, 0.2) is 0 Å². The van der Waals surface area contributed by atoms with Crippen LogP contribution in [0.3, 0.4) is 0 Å². The van der Waals surface area contributed by atoms with Crippen molar-refractivity contribution in [3.63, 3.8) is 0 Å². The van der Waals surface area contributed by atoms with E-state index >= 15 is 0 Å². The van der Waals surface area contributed by atoms with Gasteiger partial charge in [-0.25, -0.2) is 9.18 Å². The van der Waals surface area contributed by atoms with Crippen LogP contribution in [-0.2, 0) is 20.0 Å². The molecule has 0 unspecified atom stereocenters. The number of nitrogens with zero attached hydrogens (tertiary/aromatic N) is 2. The number of amides is 2. The van der Waals surface area contributed by atoms with Crippen molar-refractivity contribution in [2.75, 3.05) is 18.5 Å². The Morgan fingerprint density at radius 2 is 2.07 bits per heavy atom. The minimum absolute atomic E-state index is 0.179. The summed E-state index contributed by atoms with van der Waals surface area (Å²) in [7, 11) is 1.99. The van der Waals surface area contributed by atoms with Crippen molar-refractivity contribution in [2.45, 2.75) is 19.9 Å². The van der Waals surface area contributed by atoms with Crippen molar-refractivity contribution in [3.8, 4) is 5.75 Å². The summed E-state index contributed by atoms with van der Waals surface area (Å²) in [6, 6.07) is 12.0. The van der Waals surface area contributed by atoms with Crippen LogP contribution in [0.2, 0.25) is 0 Å². The molecule has 27 heavy (non-hydrogen) atoms. The molecular formula is C21H22FN3O2. The number of rotatable bonds is 3. The lowest BCUT2D eigenvalue weighted by atomic mass is 10.0. The number of aryl methyl sites for hydroxylation is 1. The van der Waals surface area contributed by atoms with Gasteiger partial charge in [-0.1, -0.05) is 12.1 Å². The summed E-state index contributed by atoms with van der Waals surface area (Å²) in [6.45, 7) is 3.51. The van der Waals surface area contributed by atoms with Crippen molar-refractivity contribution in [1.82, 2.24) is 9.47 Å². The molecule has 0 spiro atoms. The van der Waals surface area contributed by atoms with Gasteiger partial charge in [0.1, 0.15) is 11.6 Å². The Bertz CT molecular complexity index is 1010. The predicted octanol–water partition coefficient (Wildman–Crippen LogP) is 4.31. The summed E-state index contributed by atoms with van der Waals surface area (Å²) in [5.74, 6) is 0.390.